The molecule has 0 unspecified atom stereocenters. The third kappa shape index (κ3) is 4.27. The first-order chi connectivity index (χ1) is 15.2. The molecule has 0 saturated heterocycles. The fourth-order valence-corrected chi connectivity index (χ4v) is 4.50. The summed E-state index contributed by atoms with van der Waals surface area (Å²) in [7, 11) is 0. The number of phenolic OH excluding ortho intramolecular Hbond substituents is 1. The zero-order valence-electron chi connectivity index (χ0n) is 17.7. The molecular weight excluding hydrogens is 424 g/mol. The van der Waals surface area contributed by atoms with Gasteiger partial charge < -0.3 is 14.6 Å². The Labute approximate surface area is 190 Å². The van der Waals surface area contributed by atoms with E-state index in [1.54, 1.807) is 24.3 Å². The molecule has 4 rings (SSSR count). The molecule has 0 spiro atoms. The van der Waals surface area contributed by atoms with Crippen LogP contribution in [0.15, 0.2) is 63.8 Å². The minimum absolute atomic E-state index is 0.0114. The van der Waals surface area contributed by atoms with Crippen LogP contribution in [0.3, 0.4) is 0 Å². The number of carbonyl (C=O) groups is 1. The maximum atomic E-state index is 12.2. The van der Waals surface area contributed by atoms with Crippen LogP contribution in [0.5, 0.6) is 5.75 Å². The SMILES string of the molecule is CC(C)CC(=S)Cc1ccc(-c2c3ccc(=O)cc-3oc3cc(O)ccc23)c(C(=O)O)c1. The smallest absolute Gasteiger partial charge is 0.336 e. The maximum absolute atomic E-state index is 12.2. The van der Waals surface area contributed by atoms with Crippen LogP contribution in [0, 0.1) is 5.92 Å². The third-order valence-corrected chi connectivity index (χ3v) is 5.61. The molecule has 0 bridgehead atoms. The van der Waals surface area contributed by atoms with Gasteiger partial charge in [-0.05, 0) is 58.7 Å². The zero-order valence-corrected chi connectivity index (χ0v) is 18.5. The topological polar surface area (TPSA) is 87.7 Å². The van der Waals surface area contributed by atoms with Crippen molar-refractivity contribution in [1.29, 1.82) is 0 Å². The Balaban J connectivity index is 1.96. The molecule has 0 fully saturated rings. The summed E-state index contributed by atoms with van der Waals surface area (Å²) >= 11 is 5.49. The van der Waals surface area contributed by atoms with E-state index in [4.69, 9.17) is 16.6 Å². The number of rotatable bonds is 6. The van der Waals surface area contributed by atoms with Crippen molar-refractivity contribution in [3.8, 4) is 28.2 Å². The monoisotopic (exact) mass is 446 g/mol. The summed E-state index contributed by atoms with van der Waals surface area (Å²) in [6.07, 6.45) is 1.34. The highest BCUT2D eigenvalue weighted by Crippen LogP contribution is 2.42. The van der Waals surface area contributed by atoms with Crippen LogP contribution in [0.2, 0.25) is 0 Å². The number of fused-ring (bicyclic) bond motifs is 2. The summed E-state index contributed by atoms with van der Waals surface area (Å²) in [5.74, 6) is -0.284. The summed E-state index contributed by atoms with van der Waals surface area (Å²) in [6.45, 7) is 4.19. The van der Waals surface area contributed by atoms with Gasteiger partial charge in [0, 0.05) is 35.1 Å². The Hall–Kier alpha value is -3.51. The first-order valence-electron chi connectivity index (χ1n) is 10.3. The quantitative estimate of drug-likeness (QED) is 0.282. The molecule has 1 heterocycles. The van der Waals surface area contributed by atoms with Crippen LogP contribution < -0.4 is 5.43 Å². The summed E-state index contributed by atoms with van der Waals surface area (Å²) in [6, 6.07) is 14.4. The lowest BCUT2D eigenvalue weighted by Gasteiger charge is -2.17. The molecule has 2 aliphatic rings. The van der Waals surface area contributed by atoms with Gasteiger partial charge in [-0.1, -0.05) is 38.2 Å². The van der Waals surface area contributed by atoms with Crippen molar-refractivity contribution in [2.24, 2.45) is 5.92 Å². The average Bonchev–Trinajstić information content (AvgIpc) is 2.71. The number of carboxylic acid groups (broad SMARTS) is 1. The zero-order chi connectivity index (χ0) is 23.0. The molecule has 162 valence electrons. The van der Waals surface area contributed by atoms with Crippen LogP contribution in [-0.2, 0) is 6.42 Å². The van der Waals surface area contributed by atoms with E-state index in [1.807, 2.05) is 6.07 Å². The number of aromatic hydroxyl groups is 1. The van der Waals surface area contributed by atoms with Crippen molar-refractivity contribution in [3.63, 3.8) is 0 Å². The first kappa shape index (κ1) is 21.7. The molecule has 1 aliphatic carbocycles. The number of thiocarbonyl (C=S) groups is 1. The number of carboxylic acids is 1. The average molecular weight is 447 g/mol. The van der Waals surface area contributed by atoms with Crippen LogP contribution in [0.4, 0.5) is 0 Å². The van der Waals surface area contributed by atoms with Crippen molar-refractivity contribution in [1.82, 2.24) is 0 Å². The number of hydrogen-bond donors (Lipinski definition) is 2. The van der Waals surface area contributed by atoms with E-state index < -0.39 is 5.97 Å². The van der Waals surface area contributed by atoms with Crippen LogP contribution >= 0.6 is 12.2 Å². The summed E-state index contributed by atoms with van der Waals surface area (Å²) < 4.78 is 5.86. The van der Waals surface area contributed by atoms with Gasteiger partial charge in [0.2, 0.25) is 0 Å². The fraction of sp³-hybridized carbons (Fsp3) is 0.192. The van der Waals surface area contributed by atoms with Crippen LogP contribution in [0.1, 0.15) is 36.2 Å². The lowest BCUT2D eigenvalue weighted by atomic mass is 9.89. The lowest BCUT2D eigenvalue weighted by Crippen LogP contribution is -2.07. The maximum Gasteiger partial charge on any atom is 0.336 e. The van der Waals surface area contributed by atoms with Gasteiger partial charge in [-0.15, -0.1) is 0 Å². The largest absolute Gasteiger partial charge is 0.508 e. The lowest BCUT2D eigenvalue weighted by molar-refractivity contribution is 0.0697. The van der Waals surface area contributed by atoms with Crippen LogP contribution in [-0.4, -0.2) is 21.0 Å². The standard InChI is InChI=1S/C26H22O5S/c1-14(2)9-18(32)10-15-3-6-19(22(11-15)26(29)30)25-20-7-4-16(27)12-23(20)31-24-13-17(28)5-8-21(24)25/h3-8,11-14,27H,9-10H2,1-2H3,(H,29,30). The van der Waals surface area contributed by atoms with E-state index in [2.05, 4.69) is 13.8 Å². The second-order valence-corrected chi connectivity index (χ2v) is 8.89. The van der Waals surface area contributed by atoms with Gasteiger partial charge in [-0.3, -0.25) is 4.79 Å². The normalized spacial score (nSPS) is 11.3. The predicted octanol–water partition coefficient (Wildman–Crippen LogP) is 5.93. The number of phenols is 1. The molecule has 1 aliphatic heterocycles. The summed E-state index contributed by atoms with van der Waals surface area (Å²) in [5, 5.41) is 20.6. The van der Waals surface area contributed by atoms with E-state index in [1.165, 1.54) is 24.3 Å². The number of hydrogen-bond acceptors (Lipinski definition) is 5. The van der Waals surface area contributed by atoms with Crippen molar-refractivity contribution in [3.05, 3.63) is 75.9 Å². The Morgan fingerprint density at radius 1 is 1.03 bits per heavy atom. The summed E-state index contributed by atoms with van der Waals surface area (Å²) in [4.78, 5) is 25.0. The first-order valence-corrected chi connectivity index (χ1v) is 10.7. The second-order valence-electron chi connectivity index (χ2n) is 8.31. The third-order valence-electron chi connectivity index (χ3n) is 5.30. The molecule has 0 atom stereocenters. The van der Waals surface area contributed by atoms with E-state index in [-0.39, 0.29) is 16.7 Å². The van der Waals surface area contributed by atoms with Gasteiger partial charge in [0.15, 0.2) is 5.43 Å². The molecule has 2 N–H and O–H groups in total. The van der Waals surface area contributed by atoms with E-state index in [0.29, 0.717) is 45.8 Å². The highest BCUT2D eigenvalue weighted by molar-refractivity contribution is 7.80. The van der Waals surface area contributed by atoms with Crippen molar-refractivity contribution in [2.75, 3.05) is 0 Å². The highest BCUT2D eigenvalue weighted by Gasteiger charge is 2.22. The number of aromatic carboxylic acids is 1. The van der Waals surface area contributed by atoms with Crippen molar-refractivity contribution in [2.45, 2.75) is 26.7 Å². The Kier molecular flexibility index (Phi) is 5.80. The van der Waals surface area contributed by atoms with Gasteiger partial charge in [0.25, 0.3) is 0 Å². The molecule has 0 radical (unpaired) electrons. The van der Waals surface area contributed by atoms with Gasteiger partial charge in [-0.25, -0.2) is 4.79 Å². The van der Waals surface area contributed by atoms with Gasteiger partial charge in [0.1, 0.15) is 17.1 Å². The minimum atomic E-state index is -1.06. The van der Waals surface area contributed by atoms with Gasteiger partial charge in [0.05, 0.1) is 5.56 Å². The summed E-state index contributed by atoms with van der Waals surface area (Å²) in [5.41, 5.74) is 2.87. The van der Waals surface area contributed by atoms with Crippen molar-refractivity contribution >= 4 is 34.0 Å². The molecular formula is C26H22O5S. The minimum Gasteiger partial charge on any atom is -0.508 e. The Morgan fingerprint density at radius 2 is 1.78 bits per heavy atom. The molecule has 2 aromatic rings. The Bertz CT molecular complexity index is 1380. The second kappa shape index (κ2) is 8.55. The molecule has 0 aromatic heterocycles. The molecule has 0 amide bonds. The molecule has 0 saturated carbocycles. The molecule has 5 nitrogen and oxygen atoms in total. The van der Waals surface area contributed by atoms with E-state index in [0.717, 1.165) is 16.8 Å². The van der Waals surface area contributed by atoms with E-state index >= 15 is 0 Å². The fourth-order valence-electron chi connectivity index (χ4n) is 4.00. The predicted molar refractivity (Wildman–Crippen MR) is 129 cm³/mol. The number of benzene rings is 3. The van der Waals surface area contributed by atoms with Gasteiger partial charge >= 0.3 is 5.97 Å². The molecule has 6 heteroatoms. The molecule has 32 heavy (non-hydrogen) atoms. The Morgan fingerprint density at radius 3 is 2.50 bits per heavy atom. The highest BCUT2D eigenvalue weighted by atomic mass is 32.1. The van der Waals surface area contributed by atoms with E-state index in [9.17, 15) is 19.8 Å². The van der Waals surface area contributed by atoms with Gasteiger partial charge in [-0.2, -0.15) is 0 Å². The van der Waals surface area contributed by atoms with Crippen LogP contribution in [0.25, 0.3) is 33.4 Å². The van der Waals surface area contributed by atoms with Crippen molar-refractivity contribution < 1.29 is 19.4 Å². The molecule has 2 aromatic carbocycles.